The first-order valence-corrected chi connectivity index (χ1v) is 10.2. The molecule has 25 heavy (non-hydrogen) atoms. The molecule has 0 radical (unpaired) electrons. The van der Waals surface area contributed by atoms with Crippen molar-refractivity contribution in [1.29, 1.82) is 0 Å². The summed E-state index contributed by atoms with van der Waals surface area (Å²) in [5.41, 5.74) is 0.618. The molecule has 0 bridgehead atoms. The molecule has 1 unspecified atom stereocenters. The standard InChI is InChI=1S/C17H23FN2O4S/c1-24-16-3-2-13(10-15(16)18)11-17(21)20-7-5-19(6-8-20)14-4-9-25(22,23)12-14/h2-3,10,14H,4-9,11-12H2,1H3. The molecule has 1 aromatic carbocycles. The van der Waals surface area contributed by atoms with Crippen molar-refractivity contribution in [2.45, 2.75) is 18.9 Å². The van der Waals surface area contributed by atoms with Gasteiger partial charge in [-0.05, 0) is 24.1 Å². The fraction of sp³-hybridized carbons (Fsp3) is 0.588. The van der Waals surface area contributed by atoms with Crippen molar-refractivity contribution in [1.82, 2.24) is 9.80 Å². The summed E-state index contributed by atoms with van der Waals surface area (Å²) in [6, 6.07) is 4.63. The normalized spacial score (nSPS) is 23.6. The quantitative estimate of drug-likeness (QED) is 0.781. The average Bonchev–Trinajstić information content (AvgIpc) is 2.95. The van der Waals surface area contributed by atoms with Gasteiger partial charge in [0.05, 0.1) is 25.0 Å². The Bertz CT molecular complexity index is 745. The molecule has 1 atom stereocenters. The largest absolute Gasteiger partial charge is 0.494 e. The zero-order valence-electron chi connectivity index (χ0n) is 14.3. The highest BCUT2D eigenvalue weighted by Gasteiger charge is 2.34. The van der Waals surface area contributed by atoms with Gasteiger partial charge in [0.25, 0.3) is 0 Å². The first-order chi connectivity index (χ1) is 11.9. The van der Waals surface area contributed by atoms with Crippen LogP contribution in [0.3, 0.4) is 0 Å². The predicted molar refractivity (Wildman–Crippen MR) is 91.9 cm³/mol. The van der Waals surface area contributed by atoms with Gasteiger partial charge in [-0.3, -0.25) is 9.69 Å². The third-order valence-electron chi connectivity index (χ3n) is 4.96. The first-order valence-electron chi connectivity index (χ1n) is 8.42. The minimum Gasteiger partial charge on any atom is -0.494 e. The van der Waals surface area contributed by atoms with Gasteiger partial charge in [0.1, 0.15) is 0 Å². The van der Waals surface area contributed by atoms with E-state index < -0.39 is 15.7 Å². The van der Waals surface area contributed by atoms with Crippen molar-refractivity contribution in [3.8, 4) is 5.75 Å². The molecule has 8 heteroatoms. The highest BCUT2D eigenvalue weighted by molar-refractivity contribution is 7.91. The molecule has 1 amide bonds. The number of nitrogens with zero attached hydrogens (tertiary/aromatic N) is 2. The predicted octanol–water partition coefficient (Wildman–Crippen LogP) is 0.708. The van der Waals surface area contributed by atoms with E-state index in [9.17, 15) is 17.6 Å². The summed E-state index contributed by atoms with van der Waals surface area (Å²) in [5.74, 6) is 0.144. The monoisotopic (exact) mass is 370 g/mol. The molecule has 2 fully saturated rings. The van der Waals surface area contributed by atoms with Crippen molar-refractivity contribution in [2.24, 2.45) is 0 Å². The molecule has 0 saturated carbocycles. The van der Waals surface area contributed by atoms with Gasteiger partial charge in [-0.25, -0.2) is 12.8 Å². The van der Waals surface area contributed by atoms with Crippen LogP contribution in [0.25, 0.3) is 0 Å². The molecular formula is C17H23FN2O4S. The number of piperazine rings is 1. The molecule has 138 valence electrons. The van der Waals surface area contributed by atoms with Crippen LogP contribution in [0.1, 0.15) is 12.0 Å². The number of hydrogen-bond donors (Lipinski definition) is 0. The molecule has 0 N–H and O–H groups in total. The van der Waals surface area contributed by atoms with Gasteiger partial charge in [0.2, 0.25) is 5.91 Å². The van der Waals surface area contributed by atoms with Gasteiger partial charge in [-0.1, -0.05) is 6.07 Å². The number of sulfone groups is 1. The zero-order chi connectivity index (χ0) is 18.0. The highest BCUT2D eigenvalue weighted by Crippen LogP contribution is 2.21. The maximum atomic E-state index is 13.7. The van der Waals surface area contributed by atoms with E-state index in [4.69, 9.17) is 4.74 Å². The summed E-state index contributed by atoms with van der Waals surface area (Å²) < 4.78 is 41.8. The molecule has 3 rings (SSSR count). The van der Waals surface area contributed by atoms with Crippen LogP contribution in [-0.2, 0) is 21.1 Å². The van der Waals surface area contributed by atoms with Crippen molar-refractivity contribution in [3.63, 3.8) is 0 Å². The van der Waals surface area contributed by atoms with Crippen LogP contribution in [0.5, 0.6) is 5.75 Å². The molecular weight excluding hydrogens is 347 g/mol. The Hall–Kier alpha value is -1.67. The third kappa shape index (κ3) is 4.30. The fourth-order valence-electron chi connectivity index (χ4n) is 3.51. The van der Waals surface area contributed by atoms with Gasteiger partial charge >= 0.3 is 0 Å². The van der Waals surface area contributed by atoms with E-state index in [0.717, 1.165) is 0 Å². The molecule has 0 aliphatic carbocycles. The lowest BCUT2D eigenvalue weighted by atomic mass is 10.1. The summed E-state index contributed by atoms with van der Waals surface area (Å²) >= 11 is 0. The second-order valence-corrected chi connectivity index (χ2v) is 8.85. The summed E-state index contributed by atoms with van der Waals surface area (Å²) in [6.45, 7) is 2.52. The van der Waals surface area contributed by atoms with E-state index in [1.165, 1.54) is 19.2 Å². The van der Waals surface area contributed by atoms with Gasteiger partial charge in [-0.15, -0.1) is 0 Å². The minimum absolute atomic E-state index is 0.0386. The second-order valence-electron chi connectivity index (χ2n) is 6.62. The Morgan fingerprint density at radius 1 is 1.28 bits per heavy atom. The second kappa shape index (κ2) is 7.29. The van der Waals surface area contributed by atoms with E-state index in [0.29, 0.717) is 38.2 Å². The molecule has 2 saturated heterocycles. The topological polar surface area (TPSA) is 66.9 Å². The maximum Gasteiger partial charge on any atom is 0.227 e. The summed E-state index contributed by atoms with van der Waals surface area (Å²) in [6.07, 6.45) is 0.833. The van der Waals surface area contributed by atoms with E-state index >= 15 is 0 Å². The lowest BCUT2D eigenvalue weighted by molar-refractivity contribution is -0.132. The SMILES string of the molecule is COc1ccc(CC(=O)N2CCN(C3CCS(=O)(=O)C3)CC2)cc1F. The van der Waals surface area contributed by atoms with Gasteiger partial charge in [0, 0.05) is 32.2 Å². The van der Waals surface area contributed by atoms with Crippen LogP contribution < -0.4 is 4.74 Å². The molecule has 6 nitrogen and oxygen atoms in total. The van der Waals surface area contributed by atoms with Crippen molar-refractivity contribution in [3.05, 3.63) is 29.6 Å². The van der Waals surface area contributed by atoms with Crippen LogP contribution in [-0.4, -0.2) is 75.0 Å². The summed E-state index contributed by atoms with van der Waals surface area (Å²) in [7, 11) is -1.49. The zero-order valence-corrected chi connectivity index (χ0v) is 15.1. The maximum absolute atomic E-state index is 13.7. The number of amides is 1. The van der Waals surface area contributed by atoms with E-state index in [1.807, 2.05) is 0 Å². The number of ether oxygens (including phenoxy) is 1. The van der Waals surface area contributed by atoms with Gasteiger partial charge in [0.15, 0.2) is 21.4 Å². The van der Waals surface area contributed by atoms with Crippen LogP contribution in [0.2, 0.25) is 0 Å². The Balaban J connectivity index is 1.52. The lowest BCUT2D eigenvalue weighted by Gasteiger charge is -2.37. The van der Waals surface area contributed by atoms with E-state index in [1.54, 1.807) is 11.0 Å². The number of carbonyl (C=O) groups is 1. The molecule has 2 aliphatic heterocycles. The Morgan fingerprint density at radius 2 is 2.00 bits per heavy atom. The first kappa shape index (κ1) is 18.1. The smallest absolute Gasteiger partial charge is 0.227 e. The molecule has 0 aromatic heterocycles. The summed E-state index contributed by atoms with van der Waals surface area (Å²) in [5, 5.41) is 0. The molecule has 0 spiro atoms. The Kier molecular flexibility index (Phi) is 5.29. The number of rotatable bonds is 4. The van der Waals surface area contributed by atoms with E-state index in [-0.39, 0.29) is 35.6 Å². The van der Waals surface area contributed by atoms with Crippen LogP contribution in [0.15, 0.2) is 18.2 Å². The summed E-state index contributed by atoms with van der Waals surface area (Å²) in [4.78, 5) is 16.4. The third-order valence-corrected chi connectivity index (χ3v) is 6.71. The van der Waals surface area contributed by atoms with Crippen LogP contribution in [0, 0.1) is 5.82 Å². The molecule has 2 heterocycles. The Morgan fingerprint density at radius 3 is 2.56 bits per heavy atom. The number of benzene rings is 1. The highest BCUT2D eigenvalue weighted by atomic mass is 32.2. The number of carbonyl (C=O) groups excluding carboxylic acids is 1. The minimum atomic E-state index is -2.89. The van der Waals surface area contributed by atoms with Crippen molar-refractivity contribution < 1.29 is 22.3 Å². The Labute approximate surface area is 147 Å². The number of hydrogen-bond acceptors (Lipinski definition) is 5. The average molecular weight is 370 g/mol. The molecule has 1 aromatic rings. The lowest BCUT2D eigenvalue weighted by Crippen LogP contribution is -2.52. The van der Waals surface area contributed by atoms with Crippen molar-refractivity contribution >= 4 is 15.7 Å². The number of methoxy groups -OCH3 is 1. The van der Waals surface area contributed by atoms with Crippen LogP contribution >= 0.6 is 0 Å². The van der Waals surface area contributed by atoms with Crippen molar-refractivity contribution in [2.75, 3.05) is 44.8 Å². The van der Waals surface area contributed by atoms with Crippen LogP contribution in [0.4, 0.5) is 4.39 Å². The number of halogens is 1. The van der Waals surface area contributed by atoms with Gasteiger partial charge < -0.3 is 9.64 Å². The molecule has 2 aliphatic rings. The van der Waals surface area contributed by atoms with Gasteiger partial charge in [-0.2, -0.15) is 0 Å². The van der Waals surface area contributed by atoms with E-state index in [2.05, 4.69) is 4.90 Å². The fourth-order valence-corrected chi connectivity index (χ4v) is 5.27.